The Bertz CT molecular complexity index is 535. The maximum Gasteiger partial charge on any atom is 0.124 e. The number of aliphatic hydroxyl groups excluding tert-OH is 1. The Morgan fingerprint density at radius 1 is 1.43 bits per heavy atom. The molecule has 3 nitrogen and oxygen atoms in total. The molecule has 1 fully saturated rings. The van der Waals surface area contributed by atoms with Crippen LogP contribution >= 0.6 is 0 Å². The van der Waals surface area contributed by atoms with Gasteiger partial charge >= 0.3 is 0 Å². The van der Waals surface area contributed by atoms with Crippen LogP contribution < -0.4 is 0 Å². The van der Waals surface area contributed by atoms with Crippen molar-refractivity contribution < 1.29 is 9.50 Å². The lowest BCUT2D eigenvalue weighted by atomic mass is 10.1. The maximum atomic E-state index is 13.6. The first kappa shape index (κ1) is 16.0. The van der Waals surface area contributed by atoms with Crippen molar-refractivity contribution in [1.82, 2.24) is 9.80 Å². The molecule has 21 heavy (non-hydrogen) atoms. The third-order valence-corrected chi connectivity index (χ3v) is 3.92. The van der Waals surface area contributed by atoms with Gasteiger partial charge in [-0.3, -0.25) is 0 Å². The van der Waals surface area contributed by atoms with Crippen molar-refractivity contribution in [3.05, 3.63) is 35.1 Å². The molecule has 0 spiro atoms. The van der Waals surface area contributed by atoms with Crippen LogP contribution in [0.15, 0.2) is 18.2 Å². The van der Waals surface area contributed by atoms with E-state index in [2.05, 4.69) is 35.7 Å². The van der Waals surface area contributed by atoms with Gasteiger partial charge in [0.05, 0.1) is 0 Å². The number of halogens is 1. The highest BCUT2D eigenvalue weighted by Gasteiger charge is 2.21. The average Bonchev–Trinajstić information content (AvgIpc) is 2.81. The SMILES string of the molecule is CN(Cc1cc(F)cc(C#CCO)c1)CC1CCCN1C. The summed E-state index contributed by atoms with van der Waals surface area (Å²) in [5.41, 5.74) is 1.53. The zero-order valence-electron chi connectivity index (χ0n) is 12.8. The molecule has 1 aliphatic rings. The summed E-state index contributed by atoms with van der Waals surface area (Å²) in [4.78, 5) is 4.62. The van der Waals surface area contributed by atoms with Crippen LogP contribution in [-0.4, -0.2) is 54.7 Å². The Labute approximate surface area is 126 Å². The van der Waals surface area contributed by atoms with Crippen LogP contribution in [0.4, 0.5) is 4.39 Å². The van der Waals surface area contributed by atoms with E-state index in [1.165, 1.54) is 25.5 Å². The average molecular weight is 290 g/mol. The van der Waals surface area contributed by atoms with Gasteiger partial charge in [0.15, 0.2) is 0 Å². The van der Waals surface area contributed by atoms with Crippen LogP contribution in [0.5, 0.6) is 0 Å². The first-order valence-corrected chi connectivity index (χ1v) is 7.36. The second-order valence-electron chi connectivity index (χ2n) is 5.78. The fourth-order valence-corrected chi connectivity index (χ4v) is 2.90. The van der Waals surface area contributed by atoms with E-state index in [-0.39, 0.29) is 12.4 Å². The number of likely N-dealkylation sites (tertiary alicyclic amines) is 1. The molecule has 0 aliphatic carbocycles. The number of rotatable bonds is 4. The molecule has 0 aromatic heterocycles. The van der Waals surface area contributed by atoms with E-state index < -0.39 is 0 Å². The van der Waals surface area contributed by atoms with E-state index >= 15 is 0 Å². The molecule has 0 amide bonds. The molecular weight excluding hydrogens is 267 g/mol. The second kappa shape index (κ2) is 7.56. The number of hydrogen-bond donors (Lipinski definition) is 1. The van der Waals surface area contributed by atoms with Crippen LogP contribution in [0.25, 0.3) is 0 Å². The molecule has 114 valence electrons. The van der Waals surface area contributed by atoms with Crippen molar-refractivity contribution in [3.63, 3.8) is 0 Å². The van der Waals surface area contributed by atoms with Crippen LogP contribution in [0, 0.1) is 17.7 Å². The van der Waals surface area contributed by atoms with Crippen LogP contribution in [-0.2, 0) is 6.54 Å². The smallest absolute Gasteiger partial charge is 0.124 e. The first-order valence-electron chi connectivity index (χ1n) is 7.36. The largest absolute Gasteiger partial charge is 0.384 e. The molecule has 0 radical (unpaired) electrons. The minimum atomic E-state index is -0.277. The molecule has 1 aliphatic heterocycles. The predicted molar refractivity (Wildman–Crippen MR) is 82.3 cm³/mol. The Morgan fingerprint density at radius 2 is 2.24 bits per heavy atom. The highest BCUT2D eigenvalue weighted by molar-refractivity contribution is 5.37. The number of benzene rings is 1. The van der Waals surface area contributed by atoms with Crippen molar-refractivity contribution >= 4 is 0 Å². The van der Waals surface area contributed by atoms with Gasteiger partial charge in [0.1, 0.15) is 12.4 Å². The van der Waals surface area contributed by atoms with Crippen molar-refractivity contribution in [2.75, 3.05) is 33.8 Å². The predicted octanol–water partition coefficient (Wildman–Crippen LogP) is 1.70. The van der Waals surface area contributed by atoms with Crippen molar-refractivity contribution in [2.45, 2.75) is 25.4 Å². The Morgan fingerprint density at radius 3 is 2.90 bits per heavy atom. The van der Waals surface area contributed by atoms with E-state index in [0.29, 0.717) is 18.2 Å². The molecule has 2 rings (SSSR count). The molecule has 1 N–H and O–H groups in total. The molecule has 1 atom stereocenters. The molecule has 1 unspecified atom stereocenters. The molecule has 1 aromatic carbocycles. The van der Waals surface area contributed by atoms with E-state index in [4.69, 9.17) is 5.11 Å². The molecule has 1 aromatic rings. The summed E-state index contributed by atoms with van der Waals surface area (Å²) in [6.45, 7) is 2.65. The van der Waals surface area contributed by atoms with E-state index in [1.54, 1.807) is 6.07 Å². The fourth-order valence-electron chi connectivity index (χ4n) is 2.90. The highest BCUT2D eigenvalue weighted by Crippen LogP contribution is 2.17. The van der Waals surface area contributed by atoms with Gasteiger partial charge in [-0.1, -0.05) is 11.8 Å². The van der Waals surface area contributed by atoms with Gasteiger partial charge < -0.3 is 14.9 Å². The van der Waals surface area contributed by atoms with E-state index in [1.807, 2.05) is 6.07 Å². The topological polar surface area (TPSA) is 26.7 Å². The van der Waals surface area contributed by atoms with Crippen molar-refractivity contribution in [3.8, 4) is 11.8 Å². The van der Waals surface area contributed by atoms with Crippen LogP contribution in [0.2, 0.25) is 0 Å². The van der Waals surface area contributed by atoms with Gasteiger partial charge in [0.25, 0.3) is 0 Å². The summed E-state index contributed by atoms with van der Waals surface area (Å²) in [7, 11) is 4.23. The summed E-state index contributed by atoms with van der Waals surface area (Å²) >= 11 is 0. The van der Waals surface area contributed by atoms with Gasteiger partial charge in [-0.05, 0) is 57.2 Å². The lowest BCUT2D eigenvalue weighted by Crippen LogP contribution is -2.36. The fraction of sp³-hybridized carbons (Fsp3) is 0.529. The summed E-state index contributed by atoms with van der Waals surface area (Å²) in [6, 6.07) is 5.44. The van der Waals surface area contributed by atoms with E-state index in [9.17, 15) is 4.39 Å². The lowest BCUT2D eigenvalue weighted by Gasteiger charge is -2.25. The van der Waals surface area contributed by atoms with Gasteiger partial charge in [-0.15, -0.1) is 0 Å². The monoisotopic (exact) mass is 290 g/mol. The Hall–Kier alpha value is -1.41. The molecule has 4 heteroatoms. The number of nitrogens with zero attached hydrogens (tertiary/aromatic N) is 2. The maximum absolute atomic E-state index is 13.6. The van der Waals surface area contributed by atoms with Crippen molar-refractivity contribution in [2.24, 2.45) is 0 Å². The molecule has 0 bridgehead atoms. The zero-order chi connectivity index (χ0) is 15.2. The lowest BCUT2D eigenvalue weighted by molar-refractivity contribution is 0.215. The van der Waals surface area contributed by atoms with Gasteiger partial charge in [-0.25, -0.2) is 4.39 Å². The Kier molecular flexibility index (Phi) is 5.75. The summed E-state index contributed by atoms with van der Waals surface area (Å²) < 4.78 is 13.6. The second-order valence-corrected chi connectivity index (χ2v) is 5.78. The normalized spacial score (nSPS) is 18.8. The van der Waals surface area contributed by atoms with Gasteiger partial charge in [0, 0.05) is 24.7 Å². The molecule has 1 saturated heterocycles. The molecule has 0 saturated carbocycles. The number of aliphatic hydroxyl groups is 1. The third-order valence-electron chi connectivity index (χ3n) is 3.92. The molecule has 1 heterocycles. The Balaban J connectivity index is 1.99. The minimum absolute atomic E-state index is 0.209. The summed E-state index contributed by atoms with van der Waals surface area (Å²) in [6.07, 6.45) is 2.49. The van der Waals surface area contributed by atoms with E-state index in [0.717, 1.165) is 12.1 Å². The third kappa shape index (κ3) is 4.82. The summed E-state index contributed by atoms with van der Waals surface area (Å²) in [5.74, 6) is 5.04. The van der Waals surface area contributed by atoms with Crippen molar-refractivity contribution in [1.29, 1.82) is 0 Å². The summed E-state index contributed by atoms with van der Waals surface area (Å²) in [5, 5.41) is 8.72. The zero-order valence-corrected chi connectivity index (χ0v) is 12.8. The van der Waals surface area contributed by atoms with Gasteiger partial charge in [0.2, 0.25) is 0 Å². The highest BCUT2D eigenvalue weighted by atomic mass is 19.1. The number of hydrogen-bond acceptors (Lipinski definition) is 3. The number of likely N-dealkylation sites (N-methyl/N-ethyl adjacent to an activating group) is 2. The quantitative estimate of drug-likeness (QED) is 0.855. The van der Waals surface area contributed by atoms with Gasteiger partial charge in [-0.2, -0.15) is 0 Å². The van der Waals surface area contributed by atoms with Crippen LogP contribution in [0.3, 0.4) is 0 Å². The molecular formula is C17H23FN2O. The van der Waals surface area contributed by atoms with Crippen LogP contribution in [0.1, 0.15) is 24.0 Å². The standard InChI is InChI=1S/C17H23FN2O/c1-19(13-17-6-3-7-20(17)2)12-15-9-14(5-4-8-21)10-16(18)11-15/h9-11,17,21H,3,6-8,12-13H2,1-2H3. The first-order chi connectivity index (χ1) is 10.1. The minimum Gasteiger partial charge on any atom is -0.384 e.